The topological polar surface area (TPSA) is 69.9 Å². The molecule has 1 aromatic carbocycles. The highest BCUT2D eigenvalue weighted by Crippen LogP contribution is 2.25. The van der Waals surface area contributed by atoms with Gasteiger partial charge in [-0.2, -0.15) is 4.98 Å². The van der Waals surface area contributed by atoms with Crippen LogP contribution in [-0.4, -0.2) is 14.7 Å². The Morgan fingerprint density at radius 2 is 2.19 bits per heavy atom. The Balaban J connectivity index is 2.01. The molecule has 0 saturated carbocycles. The van der Waals surface area contributed by atoms with E-state index in [0.717, 1.165) is 22.3 Å². The summed E-state index contributed by atoms with van der Waals surface area (Å²) in [4.78, 5) is 4.41. The molecule has 0 atom stereocenters. The monoisotopic (exact) mass is 304 g/mol. The number of hydrogen-bond acceptors (Lipinski definition) is 4. The number of aromatic nitrogens is 3. The Kier molecular flexibility index (Phi) is 3.69. The van der Waals surface area contributed by atoms with Crippen molar-refractivity contribution in [2.45, 2.75) is 32.9 Å². The summed E-state index contributed by atoms with van der Waals surface area (Å²) in [5.41, 5.74) is 7.90. The third kappa shape index (κ3) is 2.66. The van der Waals surface area contributed by atoms with Gasteiger partial charge in [-0.3, -0.25) is 0 Å². The molecule has 0 spiro atoms. The van der Waals surface area contributed by atoms with Gasteiger partial charge in [0.1, 0.15) is 6.54 Å². The number of fused-ring (bicyclic) bond motifs is 1. The molecule has 3 rings (SSSR count). The zero-order chi connectivity index (χ0) is 15.0. The van der Waals surface area contributed by atoms with Gasteiger partial charge in [0.2, 0.25) is 5.89 Å². The van der Waals surface area contributed by atoms with Crippen LogP contribution >= 0.6 is 11.6 Å². The quantitative estimate of drug-likeness (QED) is 0.803. The van der Waals surface area contributed by atoms with Gasteiger partial charge in [-0.15, -0.1) is 0 Å². The van der Waals surface area contributed by atoms with Crippen molar-refractivity contribution < 1.29 is 4.52 Å². The van der Waals surface area contributed by atoms with E-state index < -0.39 is 0 Å². The molecule has 5 nitrogen and oxygen atoms in total. The lowest BCUT2D eigenvalue weighted by atomic mass is 10.2. The van der Waals surface area contributed by atoms with Gasteiger partial charge in [0.25, 0.3) is 0 Å². The summed E-state index contributed by atoms with van der Waals surface area (Å²) in [5.74, 6) is 1.55. The summed E-state index contributed by atoms with van der Waals surface area (Å²) in [6, 6.07) is 5.79. The van der Waals surface area contributed by atoms with Crippen molar-refractivity contribution >= 4 is 22.5 Å². The largest absolute Gasteiger partial charge is 0.338 e. The normalized spacial score (nSPS) is 11.7. The van der Waals surface area contributed by atoms with Gasteiger partial charge in [0.05, 0.1) is 5.52 Å². The van der Waals surface area contributed by atoms with E-state index in [9.17, 15) is 0 Å². The predicted molar refractivity (Wildman–Crippen MR) is 82.3 cm³/mol. The lowest BCUT2D eigenvalue weighted by Crippen LogP contribution is -1.99. The van der Waals surface area contributed by atoms with Gasteiger partial charge in [-0.05, 0) is 17.7 Å². The first-order valence-corrected chi connectivity index (χ1v) is 7.26. The standard InChI is InChI=1S/C15H17ClN4O/c1-9(2)15-18-14(21-19-15)8-20-7-10(6-17)12-4-3-11(16)5-13(12)20/h3-5,7,9H,6,8,17H2,1-2H3. The summed E-state index contributed by atoms with van der Waals surface area (Å²) >= 11 is 6.10. The van der Waals surface area contributed by atoms with Crippen LogP contribution in [0.3, 0.4) is 0 Å². The van der Waals surface area contributed by atoms with Crippen molar-refractivity contribution in [3.8, 4) is 0 Å². The summed E-state index contributed by atoms with van der Waals surface area (Å²) in [7, 11) is 0. The summed E-state index contributed by atoms with van der Waals surface area (Å²) in [5, 5.41) is 5.78. The first-order valence-electron chi connectivity index (χ1n) is 6.88. The molecule has 110 valence electrons. The first kappa shape index (κ1) is 14.1. The van der Waals surface area contributed by atoms with Crippen molar-refractivity contribution in [2.24, 2.45) is 5.73 Å². The van der Waals surface area contributed by atoms with Crippen molar-refractivity contribution in [1.82, 2.24) is 14.7 Å². The Morgan fingerprint density at radius 3 is 2.86 bits per heavy atom. The van der Waals surface area contributed by atoms with Crippen molar-refractivity contribution in [1.29, 1.82) is 0 Å². The zero-order valence-corrected chi connectivity index (χ0v) is 12.8. The van der Waals surface area contributed by atoms with Crippen LogP contribution in [0, 0.1) is 0 Å². The van der Waals surface area contributed by atoms with E-state index in [1.807, 2.05) is 42.8 Å². The number of hydrogen-bond donors (Lipinski definition) is 1. The van der Waals surface area contributed by atoms with Crippen LogP contribution in [0.25, 0.3) is 10.9 Å². The molecule has 0 amide bonds. The number of nitrogens with two attached hydrogens (primary N) is 1. The predicted octanol–water partition coefficient (Wildman–Crippen LogP) is 3.31. The van der Waals surface area contributed by atoms with Gasteiger partial charge in [0.15, 0.2) is 5.82 Å². The molecule has 2 N–H and O–H groups in total. The Labute approximate surface area is 127 Å². The second-order valence-corrected chi connectivity index (χ2v) is 5.79. The molecular formula is C15H17ClN4O. The maximum atomic E-state index is 6.10. The molecule has 3 aromatic rings. The number of rotatable bonds is 4. The van der Waals surface area contributed by atoms with Crippen LogP contribution in [0.2, 0.25) is 5.02 Å². The first-order chi connectivity index (χ1) is 10.1. The van der Waals surface area contributed by atoms with E-state index in [1.54, 1.807) is 0 Å². The number of benzene rings is 1. The zero-order valence-electron chi connectivity index (χ0n) is 12.0. The summed E-state index contributed by atoms with van der Waals surface area (Å²) < 4.78 is 7.35. The molecular weight excluding hydrogens is 288 g/mol. The van der Waals surface area contributed by atoms with Crippen molar-refractivity contribution in [2.75, 3.05) is 0 Å². The van der Waals surface area contributed by atoms with Crippen molar-refractivity contribution in [3.05, 3.63) is 46.7 Å². The molecule has 0 unspecified atom stereocenters. The van der Waals surface area contributed by atoms with Crippen LogP contribution in [0.5, 0.6) is 0 Å². The second kappa shape index (κ2) is 5.50. The molecule has 2 heterocycles. The number of nitrogens with zero attached hydrogens (tertiary/aromatic N) is 3. The Bertz CT molecular complexity index is 775. The smallest absolute Gasteiger partial charge is 0.246 e. The minimum Gasteiger partial charge on any atom is -0.338 e. The molecule has 0 radical (unpaired) electrons. The molecule has 0 aliphatic heterocycles. The van der Waals surface area contributed by atoms with Crippen LogP contribution in [-0.2, 0) is 13.1 Å². The van der Waals surface area contributed by atoms with Crippen LogP contribution < -0.4 is 5.73 Å². The highest BCUT2D eigenvalue weighted by atomic mass is 35.5. The minimum absolute atomic E-state index is 0.248. The number of halogens is 1. The fourth-order valence-corrected chi connectivity index (χ4v) is 2.51. The van der Waals surface area contributed by atoms with Crippen LogP contribution in [0.15, 0.2) is 28.9 Å². The summed E-state index contributed by atoms with van der Waals surface area (Å²) in [6.45, 7) is 5.06. The summed E-state index contributed by atoms with van der Waals surface area (Å²) in [6.07, 6.45) is 2.01. The molecule has 0 saturated heterocycles. The molecule has 0 aliphatic carbocycles. The highest BCUT2D eigenvalue weighted by Gasteiger charge is 2.13. The third-order valence-electron chi connectivity index (χ3n) is 3.45. The van der Waals surface area contributed by atoms with E-state index in [2.05, 4.69) is 10.1 Å². The van der Waals surface area contributed by atoms with Gasteiger partial charge < -0.3 is 14.8 Å². The molecule has 6 heteroatoms. The fourth-order valence-electron chi connectivity index (χ4n) is 2.35. The average Bonchev–Trinajstić information content (AvgIpc) is 3.04. The molecule has 0 aliphatic rings. The minimum atomic E-state index is 0.248. The van der Waals surface area contributed by atoms with E-state index in [-0.39, 0.29) is 5.92 Å². The molecule has 2 aromatic heterocycles. The van der Waals surface area contributed by atoms with Crippen LogP contribution in [0.4, 0.5) is 0 Å². The molecule has 0 fully saturated rings. The van der Waals surface area contributed by atoms with E-state index in [4.69, 9.17) is 21.9 Å². The lowest BCUT2D eigenvalue weighted by Gasteiger charge is -2.01. The second-order valence-electron chi connectivity index (χ2n) is 5.35. The van der Waals surface area contributed by atoms with Crippen molar-refractivity contribution in [3.63, 3.8) is 0 Å². The Morgan fingerprint density at radius 1 is 1.38 bits per heavy atom. The third-order valence-corrected chi connectivity index (χ3v) is 3.69. The van der Waals surface area contributed by atoms with Gasteiger partial charge in [0, 0.05) is 29.1 Å². The van der Waals surface area contributed by atoms with Gasteiger partial charge in [-0.1, -0.05) is 36.7 Å². The maximum Gasteiger partial charge on any atom is 0.246 e. The highest BCUT2D eigenvalue weighted by molar-refractivity contribution is 6.31. The average molecular weight is 305 g/mol. The maximum absolute atomic E-state index is 6.10. The molecule has 0 bridgehead atoms. The van der Waals surface area contributed by atoms with Gasteiger partial charge in [-0.25, -0.2) is 0 Å². The van der Waals surface area contributed by atoms with E-state index >= 15 is 0 Å². The van der Waals surface area contributed by atoms with Gasteiger partial charge >= 0.3 is 0 Å². The fraction of sp³-hybridized carbons (Fsp3) is 0.333. The molecule has 21 heavy (non-hydrogen) atoms. The van der Waals surface area contributed by atoms with Crippen LogP contribution in [0.1, 0.15) is 37.0 Å². The van der Waals surface area contributed by atoms with E-state index in [0.29, 0.717) is 24.0 Å². The van der Waals surface area contributed by atoms with E-state index in [1.165, 1.54) is 0 Å². The lowest BCUT2D eigenvalue weighted by molar-refractivity contribution is 0.366. The SMILES string of the molecule is CC(C)c1noc(Cn2cc(CN)c3ccc(Cl)cc32)n1. The Hall–Kier alpha value is -1.85.